The second-order valence-electron chi connectivity index (χ2n) is 7.77. The van der Waals surface area contributed by atoms with Crippen molar-refractivity contribution in [3.05, 3.63) is 95.3 Å². The molecule has 144 valence electrons. The highest BCUT2D eigenvalue weighted by atomic mass is 16.5. The van der Waals surface area contributed by atoms with Crippen molar-refractivity contribution in [1.82, 2.24) is 4.98 Å². The second kappa shape index (κ2) is 9.05. The molecular weight excluding hydrogens is 342 g/mol. The van der Waals surface area contributed by atoms with E-state index >= 15 is 0 Å². The van der Waals surface area contributed by atoms with Gasteiger partial charge in [-0.15, -0.1) is 0 Å². The minimum atomic E-state index is 0.306. The molecule has 0 radical (unpaired) electrons. The van der Waals surface area contributed by atoms with E-state index in [-0.39, 0.29) is 0 Å². The van der Waals surface area contributed by atoms with Crippen molar-refractivity contribution in [2.45, 2.75) is 57.5 Å². The number of aryl methyl sites for hydroxylation is 1. The van der Waals surface area contributed by atoms with Crippen LogP contribution >= 0.6 is 0 Å². The summed E-state index contributed by atoms with van der Waals surface area (Å²) in [5.41, 5.74) is 5.29. The van der Waals surface area contributed by atoms with Crippen LogP contribution in [0.1, 0.15) is 60.8 Å². The Hall–Kier alpha value is -2.61. The molecule has 0 spiro atoms. The molecule has 1 aromatic heterocycles. The van der Waals surface area contributed by atoms with Gasteiger partial charge in [0.2, 0.25) is 0 Å². The molecule has 1 fully saturated rings. The SMILES string of the molecule is CCc1ccc(C(Cc2ccncc2)c2ccccc2)cc1OC1CCCC1. The Morgan fingerprint density at radius 3 is 2.39 bits per heavy atom. The first-order chi connectivity index (χ1) is 13.8. The van der Waals surface area contributed by atoms with Gasteiger partial charge in [-0.25, -0.2) is 0 Å². The van der Waals surface area contributed by atoms with Gasteiger partial charge < -0.3 is 4.74 Å². The third-order valence-corrected chi connectivity index (χ3v) is 5.86. The molecule has 1 aliphatic rings. The van der Waals surface area contributed by atoms with Crippen LogP contribution in [0.3, 0.4) is 0 Å². The average molecular weight is 372 g/mol. The van der Waals surface area contributed by atoms with E-state index in [9.17, 15) is 0 Å². The zero-order chi connectivity index (χ0) is 19.2. The molecule has 1 aliphatic carbocycles. The van der Waals surface area contributed by atoms with Gasteiger partial charge in [-0.1, -0.05) is 49.4 Å². The molecular formula is C26H29NO. The van der Waals surface area contributed by atoms with Crippen molar-refractivity contribution in [3.8, 4) is 5.75 Å². The van der Waals surface area contributed by atoms with E-state index in [1.165, 1.54) is 47.9 Å². The van der Waals surface area contributed by atoms with Gasteiger partial charge in [0.1, 0.15) is 5.75 Å². The lowest BCUT2D eigenvalue weighted by atomic mass is 9.85. The van der Waals surface area contributed by atoms with Gasteiger partial charge in [0.25, 0.3) is 0 Å². The van der Waals surface area contributed by atoms with Gasteiger partial charge in [0.05, 0.1) is 6.10 Å². The number of benzene rings is 2. The van der Waals surface area contributed by atoms with Gasteiger partial charge in [0.15, 0.2) is 0 Å². The van der Waals surface area contributed by atoms with Crippen molar-refractivity contribution in [1.29, 1.82) is 0 Å². The van der Waals surface area contributed by atoms with Crippen LogP contribution in [0.5, 0.6) is 5.75 Å². The second-order valence-corrected chi connectivity index (χ2v) is 7.77. The zero-order valence-corrected chi connectivity index (χ0v) is 16.7. The molecule has 2 nitrogen and oxygen atoms in total. The maximum atomic E-state index is 6.46. The molecule has 2 aromatic carbocycles. The van der Waals surface area contributed by atoms with E-state index in [4.69, 9.17) is 4.74 Å². The summed E-state index contributed by atoms with van der Waals surface area (Å²) in [5.74, 6) is 1.39. The first-order valence-corrected chi connectivity index (χ1v) is 10.6. The highest BCUT2D eigenvalue weighted by Gasteiger charge is 2.20. The summed E-state index contributed by atoms with van der Waals surface area (Å²) in [6, 6.07) is 21.9. The monoisotopic (exact) mass is 371 g/mol. The number of ether oxygens (including phenoxy) is 1. The Kier molecular flexibility index (Phi) is 6.06. The van der Waals surface area contributed by atoms with Crippen molar-refractivity contribution in [2.75, 3.05) is 0 Å². The molecule has 0 N–H and O–H groups in total. The van der Waals surface area contributed by atoms with Crippen LogP contribution in [0.4, 0.5) is 0 Å². The van der Waals surface area contributed by atoms with Gasteiger partial charge in [0, 0.05) is 18.3 Å². The zero-order valence-electron chi connectivity index (χ0n) is 16.7. The van der Waals surface area contributed by atoms with Crippen LogP contribution < -0.4 is 4.74 Å². The highest BCUT2D eigenvalue weighted by molar-refractivity contribution is 5.43. The van der Waals surface area contributed by atoms with Crippen LogP contribution in [0.15, 0.2) is 73.1 Å². The summed E-state index contributed by atoms with van der Waals surface area (Å²) in [6.07, 6.45) is 11.1. The van der Waals surface area contributed by atoms with Crippen LogP contribution in [-0.4, -0.2) is 11.1 Å². The number of hydrogen-bond donors (Lipinski definition) is 0. The van der Waals surface area contributed by atoms with Crippen LogP contribution in [-0.2, 0) is 12.8 Å². The molecule has 28 heavy (non-hydrogen) atoms. The van der Waals surface area contributed by atoms with E-state index in [0.29, 0.717) is 12.0 Å². The van der Waals surface area contributed by atoms with Crippen molar-refractivity contribution in [2.24, 2.45) is 0 Å². The van der Waals surface area contributed by atoms with Crippen molar-refractivity contribution >= 4 is 0 Å². The van der Waals surface area contributed by atoms with Gasteiger partial charge in [-0.05, 0) is 79.0 Å². The topological polar surface area (TPSA) is 22.1 Å². The molecule has 0 bridgehead atoms. The maximum Gasteiger partial charge on any atom is 0.123 e. The lowest BCUT2D eigenvalue weighted by molar-refractivity contribution is 0.208. The van der Waals surface area contributed by atoms with E-state index in [2.05, 4.69) is 72.6 Å². The quantitative estimate of drug-likeness (QED) is 0.483. The lowest BCUT2D eigenvalue weighted by Crippen LogP contribution is -2.13. The molecule has 1 heterocycles. The number of rotatable bonds is 7. The predicted octanol–water partition coefficient (Wildman–Crippen LogP) is 6.34. The Balaban J connectivity index is 1.68. The van der Waals surface area contributed by atoms with E-state index in [0.717, 1.165) is 18.6 Å². The third-order valence-electron chi connectivity index (χ3n) is 5.86. The molecule has 1 saturated carbocycles. The minimum absolute atomic E-state index is 0.306. The van der Waals surface area contributed by atoms with Gasteiger partial charge >= 0.3 is 0 Å². The first-order valence-electron chi connectivity index (χ1n) is 10.6. The highest BCUT2D eigenvalue weighted by Crippen LogP contribution is 2.34. The number of aromatic nitrogens is 1. The summed E-state index contributed by atoms with van der Waals surface area (Å²) in [4.78, 5) is 4.17. The van der Waals surface area contributed by atoms with Gasteiger partial charge in [-0.3, -0.25) is 4.98 Å². The fourth-order valence-electron chi connectivity index (χ4n) is 4.24. The van der Waals surface area contributed by atoms with Crippen LogP contribution in [0.2, 0.25) is 0 Å². The third kappa shape index (κ3) is 4.44. The fraction of sp³-hybridized carbons (Fsp3) is 0.346. The smallest absolute Gasteiger partial charge is 0.123 e. The Bertz CT molecular complexity index is 869. The maximum absolute atomic E-state index is 6.46. The molecule has 3 aromatic rings. The largest absolute Gasteiger partial charge is 0.490 e. The van der Waals surface area contributed by atoms with Crippen LogP contribution in [0.25, 0.3) is 0 Å². The molecule has 4 rings (SSSR count). The first kappa shape index (κ1) is 18.7. The van der Waals surface area contributed by atoms with E-state index in [1.54, 1.807) is 0 Å². The summed E-state index contributed by atoms with van der Waals surface area (Å²) >= 11 is 0. The Labute approximate surface area is 168 Å². The number of nitrogens with zero attached hydrogens (tertiary/aromatic N) is 1. The van der Waals surface area contributed by atoms with E-state index in [1.807, 2.05) is 12.4 Å². The summed E-state index contributed by atoms with van der Waals surface area (Å²) < 4.78 is 6.46. The summed E-state index contributed by atoms with van der Waals surface area (Å²) in [5, 5.41) is 0. The van der Waals surface area contributed by atoms with Crippen molar-refractivity contribution in [3.63, 3.8) is 0 Å². The lowest BCUT2D eigenvalue weighted by Gasteiger charge is -2.22. The molecule has 2 heteroatoms. The molecule has 1 atom stereocenters. The average Bonchev–Trinajstić information content (AvgIpc) is 3.26. The molecule has 1 unspecified atom stereocenters. The summed E-state index contributed by atoms with van der Waals surface area (Å²) in [7, 11) is 0. The predicted molar refractivity (Wildman–Crippen MR) is 115 cm³/mol. The van der Waals surface area contributed by atoms with E-state index < -0.39 is 0 Å². The molecule has 0 amide bonds. The Morgan fingerprint density at radius 2 is 1.68 bits per heavy atom. The fourth-order valence-corrected chi connectivity index (χ4v) is 4.24. The normalized spacial score (nSPS) is 15.5. The van der Waals surface area contributed by atoms with Gasteiger partial charge in [-0.2, -0.15) is 0 Å². The minimum Gasteiger partial charge on any atom is -0.490 e. The molecule has 0 aliphatic heterocycles. The summed E-state index contributed by atoms with van der Waals surface area (Å²) in [6.45, 7) is 2.21. The number of pyridine rings is 1. The van der Waals surface area contributed by atoms with Crippen LogP contribution in [0, 0.1) is 0 Å². The van der Waals surface area contributed by atoms with Crippen molar-refractivity contribution < 1.29 is 4.74 Å². The number of hydrogen-bond acceptors (Lipinski definition) is 2. The standard InChI is InChI=1S/C26H29NO/c1-2-21-12-13-23(19-26(21)28-24-10-6-7-11-24)25(22-8-4-3-5-9-22)18-20-14-16-27-17-15-20/h3-5,8-9,12-17,19,24-25H,2,6-7,10-11,18H2,1H3. The molecule has 0 saturated heterocycles. The Morgan fingerprint density at radius 1 is 0.929 bits per heavy atom.